The SMILES string of the molecule is Cc1cncc(C(=O)N2CCOc3c(O)cc(-c4cccc(Cl)c4)cc3C2)c1. The van der Waals surface area contributed by atoms with Gasteiger partial charge in [-0.15, -0.1) is 0 Å². The van der Waals surface area contributed by atoms with Gasteiger partial charge in [-0.25, -0.2) is 0 Å². The first-order valence-corrected chi connectivity index (χ1v) is 9.34. The van der Waals surface area contributed by atoms with Crippen molar-refractivity contribution < 1.29 is 14.6 Å². The zero-order valence-electron chi connectivity index (χ0n) is 15.4. The molecule has 1 aliphatic rings. The molecule has 0 atom stereocenters. The van der Waals surface area contributed by atoms with E-state index in [0.29, 0.717) is 36.0 Å². The highest BCUT2D eigenvalue weighted by Gasteiger charge is 2.24. The van der Waals surface area contributed by atoms with Gasteiger partial charge in [-0.2, -0.15) is 0 Å². The highest BCUT2D eigenvalue weighted by Crippen LogP contribution is 2.38. The van der Waals surface area contributed by atoms with Crippen LogP contribution in [0.5, 0.6) is 11.5 Å². The number of aromatic nitrogens is 1. The average Bonchev–Trinajstić information content (AvgIpc) is 2.90. The summed E-state index contributed by atoms with van der Waals surface area (Å²) in [7, 11) is 0. The summed E-state index contributed by atoms with van der Waals surface area (Å²) in [5, 5.41) is 11.1. The van der Waals surface area contributed by atoms with Gasteiger partial charge in [0.2, 0.25) is 0 Å². The van der Waals surface area contributed by atoms with Gasteiger partial charge >= 0.3 is 0 Å². The molecule has 6 heteroatoms. The van der Waals surface area contributed by atoms with Crippen LogP contribution < -0.4 is 4.74 Å². The van der Waals surface area contributed by atoms with Crippen molar-refractivity contribution in [2.45, 2.75) is 13.5 Å². The molecule has 1 amide bonds. The van der Waals surface area contributed by atoms with E-state index < -0.39 is 0 Å². The molecule has 1 N–H and O–H groups in total. The van der Waals surface area contributed by atoms with Crippen LogP contribution in [-0.2, 0) is 6.54 Å². The van der Waals surface area contributed by atoms with Gasteiger partial charge in [-0.05, 0) is 53.9 Å². The number of phenolic OH excluding ortho intramolecular Hbond substituents is 1. The van der Waals surface area contributed by atoms with Gasteiger partial charge in [0.05, 0.1) is 12.1 Å². The van der Waals surface area contributed by atoms with Gasteiger partial charge in [0, 0.05) is 29.5 Å². The number of amides is 1. The van der Waals surface area contributed by atoms with Crippen molar-refractivity contribution in [1.29, 1.82) is 0 Å². The molecule has 3 aromatic rings. The lowest BCUT2D eigenvalue weighted by atomic mass is 10.0. The van der Waals surface area contributed by atoms with Crippen molar-refractivity contribution in [3.05, 3.63) is 76.6 Å². The molecule has 0 bridgehead atoms. The molecule has 0 saturated carbocycles. The van der Waals surface area contributed by atoms with E-state index in [1.807, 2.05) is 37.3 Å². The lowest BCUT2D eigenvalue weighted by molar-refractivity contribution is 0.0732. The van der Waals surface area contributed by atoms with Crippen LogP contribution in [0, 0.1) is 6.92 Å². The number of carbonyl (C=O) groups is 1. The molecule has 2 aromatic carbocycles. The Balaban J connectivity index is 1.69. The first kappa shape index (κ1) is 18.3. The van der Waals surface area contributed by atoms with E-state index in [4.69, 9.17) is 16.3 Å². The molecule has 5 nitrogen and oxygen atoms in total. The van der Waals surface area contributed by atoms with Crippen molar-refractivity contribution in [3.63, 3.8) is 0 Å². The Morgan fingerprint density at radius 3 is 2.82 bits per heavy atom. The highest BCUT2D eigenvalue weighted by atomic mass is 35.5. The summed E-state index contributed by atoms with van der Waals surface area (Å²) in [6, 6.07) is 12.8. The number of rotatable bonds is 2. The zero-order valence-corrected chi connectivity index (χ0v) is 16.1. The number of carbonyl (C=O) groups excluding carboxylic acids is 1. The Kier molecular flexibility index (Phi) is 4.92. The van der Waals surface area contributed by atoms with Crippen LogP contribution in [-0.4, -0.2) is 34.0 Å². The van der Waals surface area contributed by atoms with Crippen molar-refractivity contribution in [2.75, 3.05) is 13.2 Å². The Bertz CT molecular complexity index is 1050. The van der Waals surface area contributed by atoms with Crippen LogP contribution in [0.4, 0.5) is 0 Å². The second-order valence-corrected chi connectivity index (χ2v) is 7.26. The maximum Gasteiger partial charge on any atom is 0.255 e. The van der Waals surface area contributed by atoms with Crippen LogP contribution in [0.2, 0.25) is 5.02 Å². The maximum absolute atomic E-state index is 12.9. The highest BCUT2D eigenvalue weighted by molar-refractivity contribution is 6.30. The third-order valence-electron chi connectivity index (χ3n) is 4.68. The number of pyridine rings is 1. The minimum atomic E-state index is -0.111. The lowest BCUT2D eigenvalue weighted by Crippen LogP contribution is -2.32. The molecular weight excluding hydrogens is 376 g/mol. The van der Waals surface area contributed by atoms with Crippen LogP contribution >= 0.6 is 11.6 Å². The first-order valence-electron chi connectivity index (χ1n) is 8.97. The fourth-order valence-electron chi connectivity index (χ4n) is 3.36. The van der Waals surface area contributed by atoms with Crippen LogP contribution in [0.15, 0.2) is 54.9 Å². The van der Waals surface area contributed by atoms with E-state index in [1.54, 1.807) is 29.4 Å². The fraction of sp³-hybridized carbons (Fsp3) is 0.182. The Morgan fingerprint density at radius 2 is 2.04 bits per heavy atom. The number of phenols is 1. The summed E-state index contributed by atoms with van der Waals surface area (Å²) < 4.78 is 5.75. The Labute approximate surface area is 168 Å². The number of hydrogen-bond donors (Lipinski definition) is 1. The van der Waals surface area contributed by atoms with Crippen LogP contribution in [0.3, 0.4) is 0 Å². The number of halogens is 1. The quantitative estimate of drug-likeness (QED) is 0.697. The molecule has 28 heavy (non-hydrogen) atoms. The smallest absolute Gasteiger partial charge is 0.255 e. The molecule has 0 saturated heterocycles. The largest absolute Gasteiger partial charge is 0.504 e. The van der Waals surface area contributed by atoms with Crippen molar-refractivity contribution in [2.24, 2.45) is 0 Å². The lowest BCUT2D eigenvalue weighted by Gasteiger charge is -2.20. The minimum absolute atomic E-state index is 0.0546. The summed E-state index contributed by atoms with van der Waals surface area (Å²) in [4.78, 5) is 18.8. The molecule has 0 aliphatic carbocycles. The summed E-state index contributed by atoms with van der Waals surface area (Å²) in [6.07, 6.45) is 3.29. The topological polar surface area (TPSA) is 62.7 Å². The predicted molar refractivity (Wildman–Crippen MR) is 108 cm³/mol. The minimum Gasteiger partial charge on any atom is -0.504 e. The van der Waals surface area contributed by atoms with Gasteiger partial charge in [0.25, 0.3) is 5.91 Å². The molecule has 1 aromatic heterocycles. The van der Waals surface area contributed by atoms with Gasteiger partial charge in [-0.3, -0.25) is 9.78 Å². The zero-order chi connectivity index (χ0) is 19.7. The van der Waals surface area contributed by atoms with Crippen LogP contribution in [0.1, 0.15) is 21.5 Å². The fourth-order valence-corrected chi connectivity index (χ4v) is 3.55. The number of hydrogen-bond acceptors (Lipinski definition) is 4. The molecule has 0 radical (unpaired) electrons. The molecular formula is C22H19ClN2O3. The second kappa shape index (κ2) is 7.52. The van der Waals surface area contributed by atoms with E-state index in [0.717, 1.165) is 22.3 Å². The molecule has 0 fully saturated rings. The maximum atomic E-state index is 12.9. The van der Waals surface area contributed by atoms with E-state index >= 15 is 0 Å². The van der Waals surface area contributed by atoms with Gasteiger partial charge in [-0.1, -0.05) is 23.7 Å². The van der Waals surface area contributed by atoms with Gasteiger partial charge < -0.3 is 14.7 Å². The predicted octanol–water partition coefficient (Wildman–Crippen LogP) is 4.45. The normalized spacial score (nSPS) is 13.4. The summed E-state index contributed by atoms with van der Waals surface area (Å²) in [6.45, 7) is 2.97. The number of aromatic hydroxyl groups is 1. The van der Waals surface area contributed by atoms with E-state index in [2.05, 4.69) is 4.98 Å². The molecule has 2 heterocycles. The van der Waals surface area contributed by atoms with Gasteiger partial charge in [0.1, 0.15) is 6.61 Å². The number of nitrogens with zero attached hydrogens (tertiary/aromatic N) is 2. The molecule has 0 unspecified atom stereocenters. The number of fused-ring (bicyclic) bond motifs is 1. The molecule has 142 valence electrons. The van der Waals surface area contributed by atoms with E-state index in [1.165, 1.54) is 0 Å². The second-order valence-electron chi connectivity index (χ2n) is 6.82. The van der Waals surface area contributed by atoms with Crippen LogP contribution in [0.25, 0.3) is 11.1 Å². The third-order valence-corrected chi connectivity index (χ3v) is 4.92. The summed E-state index contributed by atoms with van der Waals surface area (Å²) in [5.41, 5.74) is 3.92. The monoisotopic (exact) mass is 394 g/mol. The first-order chi connectivity index (χ1) is 13.5. The molecule has 1 aliphatic heterocycles. The van der Waals surface area contributed by atoms with Crippen molar-refractivity contribution in [1.82, 2.24) is 9.88 Å². The molecule has 4 rings (SSSR count). The summed E-state index contributed by atoms with van der Waals surface area (Å²) >= 11 is 6.10. The van der Waals surface area contributed by atoms with Crippen molar-refractivity contribution >= 4 is 17.5 Å². The number of ether oxygens (including phenoxy) is 1. The Hall–Kier alpha value is -3.05. The number of aryl methyl sites for hydroxylation is 1. The van der Waals surface area contributed by atoms with Gasteiger partial charge in [0.15, 0.2) is 11.5 Å². The third kappa shape index (κ3) is 3.66. The van der Waals surface area contributed by atoms with E-state index in [-0.39, 0.29) is 11.7 Å². The average molecular weight is 395 g/mol. The van der Waals surface area contributed by atoms with Crippen molar-refractivity contribution in [3.8, 4) is 22.6 Å². The standard InChI is InChI=1S/C22H19ClN2O3/c1-14-7-17(12-24-11-14)22(27)25-5-6-28-21-18(13-25)8-16(10-20(21)26)15-3-2-4-19(23)9-15/h2-4,7-12,26H,5-6,13H2,1H3. The number of benzene rings is 2. The Morgan fingerprint density at radius 1 is 1.18 bits per heavy atom. The molecule has 0 spiro atoms. The van der Waals surface area contributed by atoms with E-state index in [9.17, 15) is 9.90 Å². The summed E-state index contributed by atoms with van der Waals surface area (Å²) in [5.74, 6) is 0.364.